The van der Waals surface area contributed by atoms with Crippen molar-refractivity contribution in [1.29, 1.82) is 0 Å². The lowest BCUT2D eigenvalue weighted by molar-refractivity contribution is 0.102. The first kappa shape index (κ1) is 21.6. The third kappa shape index (κ3) is 4.56. The molecule has 2 heterocycles. The zero-order chi connectivity index (χ0) is 22.0. The standard InChI is InChI=1S/C21H25N5O3S/c1-12(2)10-26-18(22)17(19(28)24-20(26)29)16(27)11-30-21-23-5-6-25(21)15-8-13(3)7-14(4)9-15/h5-9,12H,10-11,22H2,1-4H3,(H,24,28,29). The average molecular weight is 428 g/mol. The summed E-state index contributed by atoms with van der Waals surface area (Å²) in [5.74, 6) is -0.458. The molecule has 0 atom stereocenters. The first-order valence-corrected chi connectivity index (χ1v) is 10.6. The number of nitrogens with one attached hydrogen (secondary N) is 1. The molecule has 0 aliphatic carbocycles. The molecule has 1 aromatic carbocycles. The summed E-state index contributed by atoms with van der Waals surface area (Å²) in [5, 5.41) is 0.624. The first-order valence-electron chi connectivity index (χ1n) is 9.58. The molecule has 0 unspecified atom stereocenters. The number of nitrogens with zero attached hydrogens (tertiary/aromatic N) is 3. The minimum Gasteiger partial charge on any atom is -0.384 e. The Morgan fingerprint density at radius 1 is 1.20 bits per heavy atom. The van der Waals surface area contributed by atoms with E-state index < -0.39 is 17.0 Å². The van der Waals surface area contributed by atoms with E-state index in [9.17, 15) is 14.4 Å². The van der Waals surface area contributed by atoms with Crippen molar-refractivity contribution in [3.8, 4) is 5.69 Å². The SMILES string of the molecule is Cc1cc(C)cc(-n2ccnc2SCC(=O)c2c(N)n(CC(C)C)c(=O)[nH]c2=O)c1. The molecule has 0 spiro atoms. The highest BCUT2D eigenvalue weighted by molar-refractivity contribution is 7.99. The molecule has 0 radical (unpaired) electrons. The van der Waals surface area contributed by atoms with Crippen LogP contribution in [0.3, 0.4) is 0 Å². The predicted octanol–water partition coefficient (Wildman–Crippen LogP) is 2.55. The second-order valence-electron chi connectivity index (χ2n) is 7.66. The molecule has 0 aliphatic heterocycles. The molecule has 0 fully saturated rings. The maximum absolute atomic E-state index is 12.8. The highest BCUT2D eigenvalue weighted by Crippen LogP contribution is 2.23. The topological polar surface area (TPSA) is 116 Å². The molecule has 30 heavy (non-hydrogen) atoms. The number of benzene rings is 1. The largest absolute Gasteiger partial charge is 0.384 e. The van der Waals surface area contributed by atoms with Gasteiger partial charge in [-0.2, -0.15) is 0 Å². The molecule has 0 saturated heterocycles. The van der Waals surface area contributed by atoms with Gasteiger partial charge in [0.2, 0.25) is 0 Å². The van der Waals surface area contributed by atoms with Crippen molar-refractivity contribution >= 4 is 23.4 Å². The number of carbonyl (C=O) groups excluding carboxylic acids is 1. The van der Waals surface area contributed by atoms with Gasteiger partial charge in [0.05, 0.1) is 5.75 Å². The number of carbonyl (C=O) groups is 1. The van der Waals surface area contributed by atoms with Crippen LogP contribution in [0.4, 0.5) is 5.82 Å². The number of nitrogen functional groups attached to an aromatic ring is 1. The van der Waals surface area contributed by atoms with Gasteiger partial charge in [-0.1, -0.05) is 31.7 Å². The van der Waals surface area contributed by atoms with Gasteiger partial charge < -0.3 is 5.73 Å². The highest BCUT2D eigenvalue weighted by Gasteiger charge is 2.21. The van der Waals surface area contributed by atoms with E-state index in [1.54, 1.807) is 6.20 Å². The van der Waals surface area contributed by atoms with Gasteiger partial charge in [0.15, 0.2) is 10.9 Å². The summed E-state index contributed by atoms with van der Waals surface area (Å²) in [6, 6.07) is 6.15. The van der Waals surface area contributed by atoms with E-state index in [4.69, 9.17) is 5.73 Å². The van der Waals surface area contributed by atoms with Crippen LogP contribution < -0.4 is 17.0 Å². The summed E-state index contributed by atoms with van der Waals surface area (Å²) in [6.07, 6.45) is 3.49. The van der Waals surface area contributed by atoms with Crippen molar-refractivity contribution in [2.45, 2.75) is 39.4 Å². The van der Waals surface area contributed by atoms with Crippen LogP contribution in [0.5, 0.6) is 0 Å². The summed E-state index contributed by atoms with van der Waals surface area (Å²) in [4.78, 5) is 43.7. The molecule has 0 saturated carbocycles. The Balaban J connectivity index is 1.87. The first-order chi connectivity index (χ1) is 14.2. The van der Waals surface area contributed by atoms with Crippen molar-refractivity contribution < 1.29 is 4.79 Å². The smallest absolute Gasteiger partial charge is 0.329 e. The number of hydrogen-bond donors (Lipinski definition) is 2. The Morgan fingerprint density at radius 3 is 2.50 bits per heavy atom. The number of nitrogens with two attached hydrogens (primary N) is 1. The number of Topliss-reactive ketones (excluding diaryl/α,β-unsaturated/α-hetero) is 1. The third-order valence-electron chi connectivity index (χ3n) is 4.49. The van der Waals surface area contributed by atoms with E-state index >= 15 is 0 Å². The monoisotopic (exact) mass is 427 g/mol. The summed E-state index contributed by atoms with van der Waals surface area (Å²) >= 11 is 1.21. The Labute approximate surface area is 178 Å². The van der Waals surface area contributed by atoms with E-state index in [2.05, 4.69) is 16.0 Å². The molecule has 3 rings (SSSR count). The minimum atomic E-state index is -0.763. The Hall–Kier alpha value is -3.07. The van der Waals surface area contributed by atoms with E-state index in [-0.39, 0.29) is 23.1 Å². The molecule has 3 aromatic rings. The average Bonchev–Trinajstić information content (AvgIpc) is 3.11. The van der Waals surface area contributed by atoms with Crippen molar-refractivity contribution in [2.75, 3.05) is 11.5 Å². The molecule has 8 nitrogen and oxygen atoms in total. The number of imidazole rings is 1. The van der Waals surface area contributed by atoms with Gasteiger partial charge in [-0.3, -0.25) is 23.7 Å². The molecule has 3 N–H and O–H groups in total. The molecule has 9 heteroatoms. The molecule has 158 valence electrons. The lowest BCUT2D eigenvalue weighted by Crippen LogP contribution is -2.37. The summed E-state index contributed by atoms with van der Waals surface area (Å²) in [6.45, 7) is 8.18. The van der Waals surface area contributed by atoms with Crippen molar-refractivity contribution in [3.05, 3.63) is 68.1 Å². The van der Waals surface area contributed by atoms with Crippen molar-refractivity contribution in [2.24, 2.45) is 5.92 Å². The second kappa shape index (κ2) is 8.74. The van der Waals surface area contributed by atoms with Gasteiger partial charge in [-0.05, 0) is 43.0 Å². The summed E-state index contributed by atoms with van der Waals surface area (Å²) in [5.41, 5.74) is 7.66. The summed E-state index contributed by atoms with van der Waals surface area (Å²) in [7, 11) is 0. The molecule has 0 bridgehead atoms. The van der Waals surface area contributed by atoms with Gasteiger partial charge in [-0.15, -0.1) is 0 Å². The second-order valence-corrected chi connectivity index (χ2v) is 8.60. The highest BCUT2D eigenvalue weighted by atomic mass is 32.2. The minimum absolute atomic E-state index is 0.0328. The number of ketones is 1. The van der Waals surface area contributed by atoms with Gasteiger partial charge in [0.25, 0.3) is 5.56 Å². The lowest BCUT2D eigenvalue weighted by Gasteiger charge is -2.14. The van der Waals surface area contributed by atoms with Crippen LogP contribution in [-0.2, 0) is 6.54 Å². The lowest BCUT2D eigenvalue weighted by atomic mass is 10.1. The number of aryl methyl sites for hydroxylation is 2. The fourth-order valence-corrected chi connectivity index (χ4v) is 4.13. The van der Waals surface area contributed by atoms with E-state index in [1.165, 1.54) is 16.3 Å². The van der Waals surface area contributed by atoms with Crippen LogP contribution >= 0.6 is 11.8 Å². The molecular formula is C21H25N5O3S. The van der Waals surface area contributed by atoms with Crippen LogP contribution in [0, 0.1) is 19.8 Å². The maximum atomic E-state index is 12.8. The van der Waals surface area contributed by atoms with Crippen LogP contribution in [0.15, 0.2) is 45.3 Å². The van der Waals surface area contributed by atoms with Crippen LogP contribution in [0.25, 0.3) is 5.69 Å². The number of aromatic nitrogens is 4. The Bertz CT molecular complexity index is 1190. The Kier molecular flexibility index (Phi) is 6.31. The number of anilines is 1. The van der Waals surface area contributed by atoms with Crippen molar-refractivity contribution in [3.63, 3.8) is 0 Å². The summed E-state index contributed by atoms with van der Waals surface area (Å²) < 4.78 is 3.13. The van der Waals surface area contributed by atoms with Gasteiger partial charge in [0.1, 0.15) is 11.4 Å². The predicted molar refractivity (Wildman–Crippen MR) is 119 cm³/mol. The number of hydrogen-bond acceptors (Lipinski definition) is 6. The van der Waals surface area contributed by atoms with Crippen molar-refractivity contribution in [1.82, 2.24) is 19.1 Å². The number of thioether (sulfide) groups is 1. The van der Waals surface area contributed by atoms with Gasteiger partial charge in [0, 0.05) is 24.6 Å². The fraction of sp³-hybridized carbons (Fsp3) is 0.333. The molecule has 2 aromatic heterocycles. The quantitative estimate of drug-likeness (QED) is 0.442. The van der Waals surface area contributed by atoms with Gasteiger partial charge >= 0.3 is 5.69 Å². The van der Waals surface area contributed by atoms with Gasteiger partial charge in [-0.25, -0.2) is 9.78 Å². The molecule has 0 aliphatic rings. The molecule has 0 amide bonds. The number of H-pyrrole nitrogens is 1. The maximum Gasteiger partial charge on any atom is 0.329 e. The van der Waals surface area contributed by atoms with E-state index in [0.29, 0.717) is 11.7 Å². The Morgan fingerprint density at radius 2 is 1.87 bits per heavy atom. The van der Waals surface area contributed by atoms with Crippen LogP contribution in [0.1, 0.15) is 35.3 Å². The number of rotatable bonds is 7. The molecular weight excluding hydrogens is 402 g/mol. The fourth-order valence-electron chi connectivity index (χ4n) is 3.29. The zero-order valence-electron chi connectivity index (χ0n) is 17.4. The van der Waals surface area contributed by atoms with E-state index in [1.807, 2.05) is 50.6 Å². The van der Waals surface area contributed by atoms with Crippen LogP contribution in [0.2, 0.25) is 0 Å². The number of aromatic amines is 1. The van der Waals surface area contributed by atoms with Crippen LogP contribution in [-0.4, -0.2) is 30.6 Å². The zero-order valence-corrected chi connectivity index (χ0v) is 18.2. The van der Waals surface area contributed by atoms with E-state index in [0.717, 1.165) is 16.8 Å². The third-order valence-corrected chi connectivity index (χ3v) is 5.46. The normalized spacial score (nSPS) is 11.2.